The highest BCUT2D eigenvalue weighted by molar-refractivity contribution is 5.74. The SMILES string of the molecule is Cc1cccc(CN(Cc2ccco2)C(=O)NCCCC(=O)O)c1. The Morgan fingerprint density at radius 1 is 1.21 bits per heavy atom. The van der Waals surface area contributed by atoms with Crippen molar-refractivity contribution >= 4 is 12.0 Å². The average molecular weight is 330 g/mol. The van der Waals surface area contributed by atoms with Crippen LogP contribution < -0.4 is 5.32 Å². The second-order valence-electron chi connectivity index (χ2n) is 5.65. The standard InChI is InChI=1S/C18H22N2O4/c1-14-5-2-6-15(11-14)12-20(13-16-7-4-10-24-16)18(23)19-9-3-8-17(21)22/h2,4-7,10-11H,3,8-9,12-13H2,1H3,(H,19,23)(H,21,22). The van der Waals surface area contributed by atoms with Crippen molar-refractivity contribution < 1.29 is 19.1 Å². The molecule has 2 amide bonds. The molecule has 1 aromatic carbocycles. The molecular weight excluding hydrogens is 308 g/mol. The smallest absolute Gasteiger partial charge is 0.318 e. The number of benzene rings is 1. The lowest BCUT2D eigenvalue weighted by atomic mass is 10.1. The fourth-order valence-electron chi connectivity index (χ4n) is 2.37. The number of carboxylic acid groups (broad SMARTS) is 1. The predicted octanol–water partition coefficient (Wildman–Crippen LogP) is 3.16. The highest BCUT2D eigenvalue weighted by atomic mass is 16.4. The Labute approximate surface area is 141 Å². The highest BCUT2D eigenvalue weighted by Crippen LogP contribution is 2.12. The van der Waals surface area contributed by atoms with E-state index in [1.54, 1.807) is 17.2 Å². The summed E-state index contributed by atoms with van der Waals surface area (Å²) in [6.45, 7) is 3.14. The number of hydrogen-bond acceptors (Lipinski definition) is 3. The Kier molecular flexibility index (Phi) is 6.42. The number of carbonyl (C=O) groups excluding carboxylic acids is 1. The number of carbonyl (C=O) groups is 2. The van der Waals surface area contributed by atoms with Crippen LogP contribution in [0.4, 0.5) is 4.79 Å². The third-order valence-corrected chi connectivity index (χ3v) is 3.51. The van der Waals surface area contributed by atoms with Crippen LogP contribution in [0.5, 0.6) is 0 Å². The second-order valence-corrected chi connectivity index (χ2v) is 5.65. The van der Waals surface area contributed by atoms with Crippen molar-refractivity contribution in [3.63, 3.8) is 0 Å². The lowest BCUT2D eigenvalue weighted by Gasteiger charge is -2.22. The van der Waals surface area contributed by atoms with Gasteiger partial charge in [-0.25, -0.2) is 4.79 Å². The number of carboxylic acids is 1. The predicted molar refractivity (Wildman–Crippen MR) is 89.4 cm³/mol. The first-order chi connectivity index (χ1) is 11.5. The molecule has 0 spiro atoms. The first kappa shape index (κ1) is 17.6. The number of amides is 2. The summed E-state index contributed by atoms with van der Waals surface area (Å²) >= 11 is 0. The molecule has 0 aliphatic rings. The van der Waals surface area contributed by atoms with Gasteiger partial charge < -0.3 is 19.7 Å². The van der Waals surface area contributed by atoms with Gasteiger partial charge in [-0.3, -0.25) is 4.79 Å². The molecule has 2 rings (SSSR count). The molecule has 0 unspecified atom stereocenters. The summed E-state index contributed by atoms with van der Waals surface area (Å²) in [6, 6.07) is 11.3. The van der Waals surface area contributed by atoms with Crippen LogP contribution in [-0.4, -0.2) is 28.6 Å². The molecule has 0 aliphatic carbocycles. The van der Waals surface area contributed by atoms with E-state index < -0.39 is 5.97 Å². The number of nitrogens with zero attached hydrogens (tertiary/aromatic N) is 1. The van der Waals surface area contributed by atoms with E-state index in [-0.39, 0.29) is 12.5 Å². The van der Waals surface area contributed by atoms with Crippen LogP contribution in [0.3, 0.4) is 0 Å². The number of nitrogens with one attached hydrogen (secondary N) is 1. The molecule has 1 heterocycles. The minimum absolute atomic E-state index is 0.0380. The maximum absolute atomic E-state index is 12.4. The summed E-state index contributed by atoms with van der Waals surface area (Å²) in [5.74, 6) is -0.167. The zero-order valence-corrected chi connectivity index (χ0v) is 13.7. The van der Waals surface area contributed by atoms with Gasteiger partial charge in [0.05, 0.1) is 12.8 Å². The van der Waals surface area contributed by atoms with Gasteiger partial charge in [-0.1, -0.05) is 29.8 Å². The number of urea groups is 1. The van der Waals surface area contributed by atoms with Gasteiger partial charge in [-0.05, 0) is 31.0 Å². The first-order valence-electron chi connectivity index (χ1n) is 7.87. The minimum Gasteiger partial charge on any atom is -0.481 e. The fourth-order valence-corrected chi connectivity index (χ4v) is 2.37. The van der Waals surface area contributed by atoms with E-state index in [0.29, 0.717) is 31.8 Å². The fraction of sp³-hybridized carbons (Fsp3) is 0.333. The van der Waals surface area contributed by atoms with Crippen LogP contribution in [0.2, 0.25) is 0 Å². The van der Waals surface area contributed by atoms with Crippen molar-refractivity contribution in [2.75, 3.05) is 6.54 Å². The van der Waals surface area contributed by atoms with Gasteiger partial charge in [-0.2, -0.15) is 0 Å². The van der Waals surface area contributed by atoms with Gasteiger partial charge in [-0.15, -0.1) is 0 Å². The summed E-state index contributed by atoms with van der Waals surface area (Å²) in [5, 5.41) is 11.4. The lowest BCUT2D eigenvalue weighted by Crippen LogP contribution is -2.39. The molecule has 1 aromatic heterocycles. The molecule has 0 bridgehead atoms. The Hall–Kier alpha value is -2.76. The molecule has 128 valence electrons. The van der Waals surface area contributed by atoms with E-state index >= 15 is 0 Å². The zero-order valence-electron chi connectivity index (χ0n) is 13.7. The summed E-state index contributed by atoms with van der Waals surface area (Å²) < 4.78 is 5.33. The van der Waals surface area contributed by atoms with Crippen molar-refractivity contribution in [2.24, 2.45) is 0 Å². The van der Waals surface area contributed by atoms with E-state index in [4.69, 9.17) is 9.52 Å². The van der Waals surface area contributed by atoms with Gasteiger partial charge in [0.15, 0.2) is 0 Å². The van der Waals surface area contributed by atoms with Gasteiger partial charge in [0.25, 0.3) is 0 Å². The van der Waals surface area contributed by atoms with E-state index in [0.717, 1.165) is 11.1 Å². The Balaban J connectivity index is 1.99. The largest absolute Gasteiger partial charge is 0.481 e. The third-order valence-electron chi connectivity index (χ3n) is 3.51. The van der Waals surface area contributed by atoms with Crippen LogP contribution in [0.1, 0.15) is 29.7 Å². The molecule has 2 aromatic rings. The molecular formula is C18H22N2O4. The Bertz CT molecular complexity index is 667. The van der Waals surface area contributed by atoms with Crippen LogP contribution >= 0.6 is 0 Å². The van der Waals surface area contributed by atoms with Crippen molar-refractivity contribution in [3.8, 4) is 0 Å². The topological polar surface area (TPSA) is 82.8 Å². The van der Waals surface area contributed by atoms with E-state index in [1.807, 2.05) is 37.3 Å². The summed E-state index contributed by atoms with van der Waals surface area (Å²) in [7, 11) is 0. The number of rotatable bonds is 8. The molecule has 0 radical (unpaired) electrons. The number of aliphatic carboxylic acids is 1. The maximum Gasteiger partial charge on any atom is 0.318 e. The lowest BCUT2D eigenvalue weighted by molar-refractivity contribution is -0.137. The summed E-state index contributed by atoms with van der Waals surface area (Å²) in [5.41, 5.74) is 2.16. The summed E-state index contributed by atoms with van der Waals surface area (Å²) in [6.07, 6.45) is 2.02. The Morgan fingerprint density at radius 3 is 2.71 bits per heavy atom. The first-order valence-corrected chi connectivity index (χ1v) is 7.87. The quantitative estimate of drug-likeness (QED) is 0.728. The molecule has 6 heteroatoms. The molecule has 0 aliphatic heterocycles. The molecule has 0 saturated heterocycles. The third kappa shape index (κ3) is 5.79. The van der Waals surface area contributed by atoms with Crippen molar-refractivity contribution in [2.45, 2.75) is 32.9 Å². The molecule has 0 fully saturated rings. The number of furan rings is 1. The van der Waals surface area contributed by atoms with Gasteiger partial charge in [0.1, 0.15) is 5.76 Å². The monoisotopic (exact) mass is 330 g/mol. The van der Waals surface area contributed by atoms with Crippen LogP contribution in [0.15, 0.2) is 47.1 Å². The number of aryl methyl sites for hydroxylation is 1. The molecule has 24 heavy (non-hydrogen) atoms. The molecule has 2 N–H and O–H groups in total. The van der Waals surface area contributed by atoms with Gasteiger partial charge >= 0.3 is 12.0 Å². The maximum atomic E-state index is 12.4. The molecule has 0 saturated carbocycles. The minimum atomic E-state index is -0.864. The normalized spacial score (nSPS) is 10.4. The van der Waals surface area contributed by atoms with Crippen LogP contribution in [-0.2, 0) is 17.9 Å². The Morgan fingerprint density at radius 2 is 2.04 bits per heavy atom. The van der Waals surface area contributed by atoms with Gasteiger partial charge in [0, 0.05) is 19.5 Å². The number of hydrogen-bond donors (Lipinski definition) is 2. The second kappa shape index (κ2) is 8.76. The van der Waals surface area contributed by atoms with Crippen LogP contribution in [0, 0.1) is 6.92 Å². The highest BCUT2D eigenvalue weighted by Gasteiger charge is 2.15. The van der Waals surface area contributed by atoms with E-state index in [1.165, 1.54) is 0 Å². The van der Waals surface area contributed by atoms with Gasteiger partial charge in [0.2, 0.25) is 0 Å². The zero-order chi connectivity index (χ0) is 17.4. The van der Waals surface area contributed by atoms with E-state index in [9.17, 15) is 9.59 Å². The molecule has 6 nitrogen and oxygen atoms in total. The average Bonchev–Trinajstić information content (AvgIpc) is 3.03. The summed E-state index contributed by atoms with van der Waals surface area (Å²) in [4.78, 5) is 24.6. The van der Waals surface area contributed by atoms with Crippen LogP contribution in [0.25, 0.3) is 0 Å². The van der Waals surface area contributed by atoms with Crippen molar-refractivity contribution in [1.29, 1.82) is 0 Å². The van der Waals surface area contributed by atoms with Crippen molar-refractivity contribution in [1.82, 2.24) is 10.2 Å². The van der Waals surface area contributed by atoms with Crippen molar-refractivity contribution in [3.05, 3.63) is 59.5 Å². The van der Waals surface area contributed by atoms with E-state index in [2.05, 4.69) is 5.32 Å². The molecule has 0 atom stereocenters.